The van der Waals surface area contributed by atoms with Crippen molar-refractivity contribution in [3.8, 4) is 0 Å². The summed E-state index contributed by atoms with van der Waals surface area (Å²) in [7, 11) is 3.63. The minimum Gasteiger partial charge on any atom is -0.457 e. The van der Waals surface area contributed by atoms with Gasteiger partial charge in [-0.25, -0.2) is 9.59 Å². The highest BCUT2D eigenvalue weighted by Crippen LogP contribution is 2.09. The monoisotopic (exact) mass is 338 g/mol. The predicted octanol–water partition coefficient (Wildman–Crippen LogP) is 3.25. The number of allylic oxidation sites excluding steroid dienone is 1. The molecule has 4 nitrogen and oxygen atoms in total. The van der Waals surface area contributed by atoms with Gasteiger partial charge < -0.3 is 4.74 Å². The molecule has 25 heavy (non-hydrogen) atoms. The van der Waals surface area contributed by atoms with Crippen LogP contribution in [0.3, 0.4) is 0 Å². The first-order valence-corrected chi connectivity index (χ1v) is 8.29. The van der Waals surface area contributed by atoms with E-state index in [4.69, 9.17) is 4.74 Å². The third-order valence-electron chi connectivity index (χ3n) is 3.92. The second kappa shape index (κ2) is 8.94. The fourth-order valence-corrected chi connectivity index (χ4v) is 2.36. The minimum atomic E-state index is -0.386. The van der Waals surface area contributed by atoms with Gasteiger partial charge in [0.15, 0.2) is 0 Å². The number of nitrogens with zero attached hydrogens (tertiary/aromatic N) is 1. The zero-order valence-corrected chi connectivity index (χ0v) is 14.7. The molecular formula is C21H24NO3+. The zero-order chi connectivity index (χ0) is 18.1. The summed E-state index contributed by atoms with van der Waals surface area (Å²) < 4.78 is 5.34. The van der Waals surface area contributed by atoms with Crippen molar-refractivity contribution in [1.29, 1.82) is 0 Å². The lowest BCUT2D eigenvalue weighted by Gasteiger charge is -2.26. The molecule has 0 heterocycles. The maximum atomic E-state index is 12.5. The predicted molar refractivity (Wildman–Crippen MR) is 98.0 cm³/mol. The van der Waals surface area contributed by atoms with Gasteiger partial charge in [0, 0.05) is 6.08 Å². The van der Waals surface area contributed by atoms with Crippen molar-refractivity contribution >= 4 is 11.9 Å². The lowest BCUT2D eigenvalue weighted by atomic mass is 10.1. The minimum absolute atomic E-state index is 0.00345. The van der Waals surface area contributed by atoms with Crippen LogP contribution in [0, 0.1) is 0 Å². The molecule has 0 aliphatic rings. The van der Waals surface area contributed by atoms with Crippen LogP contribution >= 0.6 is 0 Å². The molecule has 0 N–H and O–H groups in total. The third kappa shape index (κ3) is 6.01. The lowest BCUT2D eigenvalue weighted by molar-refractivity contribution is -0.807. The van der Waals surface area contributed by atoms with Crippen molar-refractivity contribution in [2.45, 2.75) is 6.42 Å². The maximum Gasteiger partial charge on any atom is 0.345 e. The van der Waals surface area contributed by atoms with Crippen LogP contribution in [0.1, 0.15) is 15.9 Å². The van der Waals surface area contributed by atoms with Gasteiger partial charge in [-0.15, -0.1) is 0 Å². The highest BCUT2D eigenvalue weighted by atomic mass is 16.5. The maximum absolute atomic E-state index is 12.5. The van der Waals surface area contributed by atoms with Crippen LogP contribution in [0.2, 0.25) is 0 Å². The molecule has 0 spiro atoms. The van der Waals surface area contributed by atoms with Crippen molar-refractivity contribution in [2.24, 2.45) is 0 Å². The van der Waals surface area contributed by atoms with Crippen LogP contribution in [0.25, 0.3) is 0 Å². The molecule has 0 bridgehead atoms. The Morgan fingerprint density at radius 3 is 2.20 bits per heavy atom. The number of amides is 1. The Bertz CT molecular complexity index is 721. The topological polar surface area (TPSA) is 43.4 Å². The zero-order valence-electron chi connectivity index (χ0n) is 14.7. The van der Waals surface area contributed by atoms with Crippen LogP contribution in [0.5, 0.6) is 0 Å². The summed E-state index contributed by atoms with van der Waals surface area (Å²) in [6.07, 6.45) is 3.91. The third-order valence-corrected chi connectivity index (χ3v) is 3.92. The number of esters is 1. The molecule has 1 amide bonds. The number of carbonyl (C=O) groups is 2. The van der Waals surface area contributed by atoms with Gasteiger partial charge in [0.25, 0.3) is 0 Å². The van der Waals surface area contributed by atoms with Crippen molar-refractivity contribution < 1.29 is 18.8 Å². The van der Waals surface area contributed by atoms with Crippen molar-refractivity contribution in [1.82, 2.24) is 0 Å². The van der Waals surface area contributed by atoms with E-state index in [1.807, 2.05) is 62.6 Å². The number of ether oxygens (including phenoxy) is 1. The number of carbonyl (C=O) groups excluding carboxylic acids is 2. The molecule has 4 heteroatoms. The number of quaternary nitrogens is 1. The van der Waals surface area contributed by atoms with Crippen molar-refractivity contribution in [3.63, 3.8) is 0 Å². The first-order valence-electron chi connectivity index (χ1n) is 8.29. The van der Waals surface area contributed by atoms with E-state index in [1.165, 1.54) is 6.08 Å². The fourth-order valence-electron chi connectivity index (χ4n) is 2.36. The van der Waals surface area contributed by atoms with Gasteiger partial charge in [-0.1, -0.05) is 54.6 Å². The van der Waals surface area contributed by atoms with E-state index < -0.39 is 0 Å². The van der Waals surface area contributed by atoms with E-state index in [2.05, 4.69) is 0 Å². The number of benzene rings is 2. The Morgan fingerprint density at radius 2 is 1.56 bits per heavy atom. The Balaban J connectivity index is 1.77. The summed E-state index contributed by atoms with van der Waals surface area (Å²) in [6, 6.07) is 19.0. The first kappa shape index (κ1) is 18.6. The molecule has 0 atom stereocenters. The summed E-state index contributed by atoms with van der Waals surface area (Å²) in [4.78, 5) is 24.2. The molecule has 0 aromatic heterocycles. The SMILES string of the molecule is C[N+](C)(CCOC(=O)C=CCc1ccccc1)C(=O)c1ccccc1. The molecule has 0 fully saturated rings. The molecule has 0 aliphatic heterocycles. The van der Waals surface area contributed by atoms with Gasteiger partial charge in [0.05, 0.1) is 19.7 Å². The Morgan fingerprint density at radius 1 is 0.960 bits per heavy atom. The molecule has 2 aromatic rings. The normalized spacial score (nSPS) is 11.4. The van der Waals surface area contributed by atoms with E-state index in [9.17, 15) is 9.59 Å². The Kier molecular flexibility index (Phi) is 6.66. The summed E-state index contributed by atoms with van der Waals surface area (Å²) in [5, 5.41) is 0. The van der Waals surface area contributed by atoms with Gasteiger partial charge in [-0.05, 0) is 24.1 Å². The molecule has 2 aromatic carbocycles. The standard InChI is InChI=1S/C21H24NO3/c1-22(2,21(24)19-13-7-4-8-14-19)16-17-25-20(23)15-9-12-18-10-5-3-6-11-18/h3-11,13-15H,12,16-17H2,1-2H3/q+1. The van der Waals surface area contributed by atoms with E-state index in [0.717, 1.165) is 5.56 Å². The Labute approximate surface area is 148 Å². The average molecular weight is 338 g/mol. The lowest BCUT2D eigenvalue weighted by Crippen LogP contribution is -2.47. The van der Waals surface area contributed by atoms with Gasteiger partial charge in [-0.2, -0.15) is 0 Å². The molecule has 0 unspecified atom stereocenters. The number of hydrogen-bond acceptors (Lipinski definition) is 3. The van der Waals surface area contributed by atoms with Gasteiger partial charge in [0.1, 0.15) is 13.2 Å². The van der Waals surface area contributed by atoms with E-state index in [1.54, 1.807) is 18.2 Å². The van der Waals surface area contributed by atoms with Crippen molar-refractivity contribution in [2.75, 3.05) is 27.2 Å². The van der Waals surface area contributed by atoms with Crippen LogP contribution in [-0.2, 0) is 16.0 Å². The van der Waals surface area contributed by atoms with Crippen LogP contribution in [0.4, 0.5) is 0 Å². The van der Waals surface area contributed by atoms with E-state index in [-0.39, 0.29) is 23.0 Å². The highest BCUT2D eigenvalue weighted by Gasteiger charge is 2.27. The molecule has 0 aliphatic carbocycles. The highest BCUT2D eigenvalue weighted by molar-refractivity contribution is 5.88. The van der Waals surface area contributed by atoms with Crippen LogP contribution in [0.15, 0.2) is 72.8 Å². The van der Waals surface area contributed by atoms with E-state index in [0.29, 0.717) is 18.5 Å². The summed E-state index contributed by atoms with van der Waals surface area (Å²) in [5.41, 5.74) is 1.79. The van der Waals surface area contributed by atoms with Crippen molar-refractivity contribution in [3.05, 3.63) is 83.9 Å². The average Bonchev–Trinajstić information content (AvgIpc) is 2.62. The number of likely N-dealkylation sites (N-methyl/N-ethyl adjacent to an activating group) is 1. The molecule has 130 valence electrons. The van der Waals surface area contributed by atoms with Gasteiger partial charge in [-0.3, -0.25) is 4.48 Å². The molecule has 0 saturated carbocycles. The van der Waals surface area contributed by atoms with Crippen LogP contribution < -0.4 is 0 Å². The summed E-state index contributed by atoms with van der Waals surface area (Å²) in [6.45, 7) is 0.617. The molecule has 0 radical (unpaired) electrons. The largest absolute Gasteiger partial charge is 0.457 e. The van der Waals surface area contributed by atoms with E-state index >= 15 is 0 Å². The number of hydrogen-bond donors (Lipinski definition) is 0. The molecule has 2 rings (SSSR count). The second-order valence-corrected chi connectivity index (χ2v) is 6.34. The first-order chi connectivity index (χ1) is 12.0. The second-order valence-electron chi connectivity index (χ2n) is 6.34. The van der Waals surface area contributed by atoms with Gasteiger partial charge >= 0.3 is 11.9 Å². The number of rotatable bonds is 7. The Hall–Kier alpha value is -2.72. The smallest absolute Gasteiger partial charge is 0.345 e. The quantitative estimate of drug-likeness (QED) is 0.442. The summed E-state index contributed by atoms with van der Waals surface area (Å²) in [5.74, 6) is -0.389. The fraction of sp³-hybridized carbons (Fsp3) is 0.238. The molecular weight excluding hydrogens is 314 g/mol. The summed E-state index contributed by atoms with van der Waals surface area (Å²) >= 11 is 0. The molecule has 0 saturated heterocycles. The van der Waals surface area contributed by atoms with Gasteiger partial charge in [0.2, 0.25) is 0 Å². The van der Waals surface area contributed by atoms with Crippen LogP contribution in [-0.4, -0.2) is 43.6 Å².